The van der Waals surface area contributed by atoms with Crippen molar-refractivity contribution in [3.05, 3.63) is 144 Å². The molecule has 5 rings (SSSR count). The van der Waals surface area contributed by atoms with Crippen molar-refractivity contribution in [1.82, 2.24) is 9.55 Å². The summed E-state index contributed by atoms with van der Waals surface area (Å²) in [6.45, 7) is 0.613. The Morgan fingerprint density at radius 3 is 2.05 bits per heavy atom. The van der Waals surface area contributed by atoms with E-state index in [1.54, 1.807) is 32.4 Å². The summed E-state index contributed by atoms with van der Waals surface area (Å²) in [5.74, 6) is 1.83. The molecule has 1 amide bonds. The van der Waals surface area contributed by atoms with Crippen LogP contribution in [0.4, 0.5) is 5.69 Å². The standard InChI is InChI=1S/C32H29N3O3/c1-37-28-19-26(20-29(21-28)38-2)32(36)34-27-15-9-10-23(18-27)22-35-17-16-33-31(35)30(24-11-5-3-6-12-24)25-13-7-4-8-14-25/h3-21,30H,22H2,1-2H3,(H,34,36). The fourth-order valence-corrected chi connectivity index (χ4v) is 4.58. The molecule has 0 unspecified atom stereocenters. The Labute approximate surface area is 222 Å². The molecule has 6 heteroatoms. The van der Waals surface area contributed by atoms with Crippen LogP contribution in [-0.2, 0) is 6.54 Å². The normalized spacial score (nSPS) is 10.8. The molecule has 1 heterocycles. The average Bonchev–Trinajstić information content (AvgIpc) is 3.41. The second kappa shape index (κ2) is 11.5. The Kier molecular flexibility index (Phi) is 7.50. The molecule has 6 nitrogen and oxygen atoms in total. The van der Waals surface area contributed by atoms with Crippen molar-refractivity contribution in [2.24, 2.45) is 0 Å². The van der Waals surface area contributed by atoms with Crippen LogP contribution in [0.15, 0.2) is 116 Å². The maximum absolute atomic E-state index is 13.0. The Morgan fingerprint density at radius 1 is 0.816 bits per heavy atom. The summed E-state index contributed by atoms with van der Waals surface area (Å²) in [4.78, 5) is 17.8. The number of nitrogens with zero attached hydrogens (tertiary/aromatic N) is 2. The predicted octanol–water partition coefficient (Wildman–Crippen LogP) is 6.38. The molecule has 38 heavy (non-hydrogen) atoms. The van der Waals surface area contributed by atoms with Crippen LogP contribution in [-0.4, -0.2) is 29.7 Å². The number of rotatable bonds is 9. The van der Waals surface area contributed by atoms with E-state index in [4.69, 9.17) is 14.5 Å². The van der Waals surface area contributed by atoms with Gasteiger partial charge in [0.2, 0.25) is 0 Å². The summed E-state index contributed by atoms with van der Waals surface area (Å²) in [5.41, 5.74) is 4.57. The van der Waals surface area contributed by atoms with Gasteiger partial charge in [-0.1, -0.05) is 72.8 Å². The molecule has 5 aromatic rings. The molecule has 0 saturated carbocycles. The maximum Gasteiger partial charge on any atom is 0.255 e. The first-order chi connectivity index (χ1) is 18.6. The van der Waals surface area contributed by atoms with Crippen molar-refractivity contribution in [3.63, 3.8) is 0 Å². The number of aromatic nitrogens is 2. The van der Waals surface area contributed by atoms with E-state index in [2.05, 4.69) is 58.4 Å². The number of anilines is 1. The lowest BCUT2D eigenvalue weighted by Gasteiger charge is -2.20. The number of carbonyl (C=O) groups excluding carboxylic acids is 1. The highest BCUT2D eigenvalue weighted by Crippen LogP contribution is 2.31. The van der Waals surface area contributed by atoms with E-state index >= 15 is 0 Å². The highest BCUT2D eigenvalue weighted by atomic mass is 16.5. The van der Waals surface area contributed by atoms with E-state index in [0.29, 0.717) is 29.3 Å². The Morgan fingerprint density at radius 2 is 1.45 bits per heavy atom. The first-order valence-electron chi connectivity index (χ1n) is 12.4. The van der Waals surface area contributed by atoms with Crippen molar-refractivity contribution in [2.75, 3.05) is 19.5 Å². The molecule has 0 bridgehead atoms. The zero-order valence-corrected chi connectivity index (χ0v) is 21.4. The van der Waals surface area contributed by atoms with Crippen molar-refractivity contribution in [3.8, 4) is 11.5 Å². The van der Waals surface area contributed by atoms with Crippen LogP contribution in [0.25, 0.3) is 0 Å². The summed E-state index contributed by atoms with van der Waals surface area (Å²) >= 11 is 0. The molecule has 0 fully saturated rings. The van der Waals surface area contributed by atoms with Gasteiger partial charge in [0.05, 0.1) is 20.1 Å². The van der Waals surface area contributed by atoms with E-state index in [-0.39, 0.29) is 11.8 Å². The average molecular weight is 504 g/mol. The first-order valence-corrected chi connectivity index (χ1v) is 12.4. The number of hydrogen-bond donors (Lipinski definition) is 1. The minimum atomic E-state index is -0.240. The summed E-state index contributed by atoms with van der Waals surface area (Å²) in [7, 11) is 3.12. The highest BCUT2D eigenvalue weighted by Gasteiger charge is 2.21. The summed E-state index contributed by atoms with van der Waals surface area (Å²) in [6, 6.07) is 33.8. The lowest BCUT2D eigenvalue weighted by molar-refractivity contribution is 0.102. The Bertz CT molecular complexity index is 1450. The van der Waals surface area contributed by atoms with Gasteiger partial charge >= 0.3 is 0 Å². The van der Waals surface area contributed by atoms with E-state index in [0.717, 1.165) is 11.4 Å². The third-order valence-electron chi connectivity index (χ3n) is 6.42. The molecular formula is C32H29N3O3. The first kappa shape index (κ1) is 24.8. The quantitative estimate of drug-likeness (QED) is 0.253. The minimum Gasteiger partial charge on any atom is -0.497 e. The molecule has 190 valence electrons. The topological polar surface area (TPSA) is 65.4 Å². The lowest BCUT2D eigenvalue weighted by Crippen LogP contribution is -2.14. The number of ether oxygens (including phenoxy) is 2. The van der Waals surface area contributed by atoms with E-state index < -0.39 is 0 Å². The molecule has 0 aliphatic rings. The smallest absolute Gasteiger partial charge is 0.255 e. The van der Waals surface area contributed by atoms with Gasteiger partial charge in [0, 0.05) is 36.3 Å². The fourth-order valence-electron chi connectivity index (χ4n) is 4.58. The van der Waals surface area contributed by atoms with Gasteiger partial charge in [-0.3, -0.25) is 4.79 Å². The van der Waals surface area contributed by atoms with Crippen molar-refractivity contribution < 1.29 is 14.3 Å². The number of methoxy groups -OCH3 is 2. The van der Waals surface area contributed by atoms with Crippen LogP contribution in [0.3, 0.4) is 0 Å². The van der Waals surface area contributed by atoms with Crippen LogP contribution in [0.2, 0.25) is 0 Å². The largest absolute Gasteiger partial charge is 0.497 e. The lowest BCUT2D eigenvalue weighted by atomic mass is 9.90. The van der Waals surface area contributed by atoms with Crippen LogP contribution in [0.1, 0.15) is 38.8 Å². The maximum atomic E-state index is 13.0. The number of benzene rings is 4. The second-order valence-electron chi connectivity index (χ2n) is 8.92. The molecule has 1 N–H and O–H groups in total. The van der Waals surface area contributed by atoms with Gasteiger partial charge in [-0.15, -0.1) is 0 Å². The summed E-state index contributed by atoms with van der Waals surface area (Å²) in [5, 5.41) is 2.99. The molecule has 0 aliphatic heterocycles. The van der Waals surface area contributed by atoms with Crippen LogP contribution in [0.5, 0.6) is 11.5 Å². The molecule has 4 aromatic carbocycles. The van der Waals surface area contributed by atoms with Crippen molar-refractivity contribution in [1.29, 1.82) is 0 Å². The highest BCUT2D eigenvalue weighted by molar-refractivity contribution is 6.04. The number of carbonyl (C=O) groups is 1. The molecule has 0 atom stereocenters. The minimum absolute atomic E-state index is 0.00155. The predicted molar refractivity (Wildman–Crippen MR) is 149 cm³/mol. The van der Waals surface area contributed by atoms with Gasteiger partial charge in [-0.25, -0.2) is 4.98 Å². The third-order valence-corrected chi connectivity index (χ3v) is 6.42. The number of imidazole rings is 1. The van der Waals surface area contributed by atoms with E-state index in [1.807, 2.05) is 48.8 Å². The number of hydrogen-bond acceptors (Lipinski definition) is 4. The van der Waals surface area contributed by atoms with E-state index in [9.17, 15) is 4.79 Å². The second-order valence-corrected chi connectivity index (χ2v) is 8.92. The molecule has 0 saturated heterocycles. The van der Waals surface area contributed by atoms with Gasteiger partial charge in [-0.2, -0.15) is 0 Å². The number of nitrogens with one attached hydrogen (secondary N) is 1. The monoisotopic (exact) mass is 503 g/mol. The van der Waals surface area contributed by atoms with E-state index in [1.165, 1.54) is 11.1 Å². The fraction of sp³-hybridized carbons (Fsp3) is 0.125. The molecule has 0 radical (unpaired) electrons. The molecule has 1 aromatic heterocycles. The Hall–Kier alpha value is -4.84. The summed E-state index contributed by atoms with van der Waals surface area (Å²) < 4.78 is 12.8. The van der Waals surface area contributed by atoms with Gasteiger partial charge in [-0.05, 0) is 41.0 Å². The van der Waals surface area contributed by atoms with Crippen molar-refractivity contribution in [2.45, 2.75) is 12.5 Å². The SMILES string of the molecule is COc1cc(OC)cc(C(=O)Nc2cccc(Cn3ccnc3C(c3ccccc3)c3ccccc3)c2)c1. The van der Waals surface area contributed by atoms with Gasteiger partial charge in [0.25, 0.3) is 5.91 Å². The van der Waals surface area contributed by atoms with Crippen molar-refractivity contribution >= 4 is 11.6 Å². The zero-order chi connectivity index (χ0) is 26.3. The molecular weight excluding hydrogens is 474 g/mol. The van der Waals surface area contributed by atoms with Crippen LogP contribution < -0.4 is 14.8 Å². The zero-order valence-electron chi connectivity index (χ0n) is 21.4. The van der Waals surface area contributed by atoms with Crippen LogP contribution >= 0.6 is 0 Å². The third kappa shape index (κ3) is 5.60. The van der Waals surface area contributed by atoms with Gasteiger partial charge < -0.3 is 19.4 Å². The molecule has 0 aliphatic carbocycles. The van der Waals surface area contributed by atoms with Gasteiger partial charge in [0.15, 0.2) is 0 Å². The number of amides is 1. The van der Waals surface area contributed by atoms with Crippen LogP contribution in [0, 0.1) is 0 Å². The summed E-state index contributed by atoms with van der Waals surface area (Å²) in [6.07, 6.45) is 3.85. The molecule has 0 spiro atoms. The van der Waals surface area contributed by atoms with Gasteiger partial charge in [0.1, 0.15) is 17.3 Å². The Balaban J connectivity index is 1.40.